The van der Waals surface area contributed by atoms with Gasteiger partial charge in [-0.2, -0.15) is 0 Å². The molecule has 0 spiro atoms. The average molecular weight is 308 g/mol. The van der Waals surface area contributed by atoms with E-state index in [4.69, 9.17) is 5.73 Å². The number of nitrogens with two attached hydrogens (primary N) is 1. The van der Waals surface area contributed by atoms with Crippen LogP contribution in [0.15, 0.2) is 12.2 Å². The maximum absolute atomic E-state index is 12.2. The lowest BCUT2D eigenvalue weighted by Gasteiger charge is -2.33. The largest absolute Gasteiger partial charge is 0.329 e. The van der Waals surface area contributed by atoms with Crippen LogP contribution in [-0.4, -0.2) is 29.8 Å². The summed E-state index contributed by atoms with van der Waals surface area (Å²) in [7, 11) is 0. The van der Waals surface area contributed by atoms with Crippen LogP contribution in [0, 0.1) is 16.7 Å². The summed E-state index contributed by atoms with van der Waals surface area (Å²) < 4.78 is 0. The second-order valence-electron chi connectivity index (χ2n) is 8.61. The van der Waals surface area contributed by atoms with Gasteiger partial charge in [0.05, 0.1) is 5.92 Å². The summed E-state index contributed by atoms with van der Waals surface area (Å²) in [5.74, 6) is -0.413. The van der Waals surface area contributed by atoms with Gasteiger partial charge in [-0.3, -0.25) is 14.5 Å². The average Bonchev–Trinajstić information content (AvgIpc) is 2.53. The van der Waals surface area contributed by atoms with Gasteiger partial charge in [-0.1, -0.05) is 46.8 Å². The smallest absolute Gasteiger partial charge is 0.233 e. The lowest BCUT2D eigenvalue weighted by molar-refractivity contribution is -0.139. The van der Waals surface area contributed by atoms with Crippen LogP contribution < -0.4 is 5.73 Å². The Morgan fingerprint density at radius 2 is 1.86 bits per heavy atom. The van der Waals surface area contributed by atoms with Crippen molar-refractivity contribution in [1.29, 1.82) is 0 Å². The Morgan fingerprint density at radius 1 is 1.27 bits per heavy atom. The highest BCUT2D eigenvalue weighted by Crippen LogP contribution is 2.39. The van der Waals surface area contributed by atoms with E-state index >= 15 is 0 Å². The molecular formula is C18H32N2O2. The molecule has 0 radical (unpaired) electrons. The normalized spacial score (nSPS) is 19.9. The van der Waals surface area contributed by atoms with E-state index in [1.165, 1.54) is 4.90 Å². The quantitative estimate of drug-likeness (QED) is 0.580. The fraction of sp³-hybridized carbons (Fsp3) is 0.778. The molecule has 126 valence electrons. The lowest BCUT2D eigenvalue weighted by atomic mass is 9.72. The van der Waals surface area contributed by atoms with E-state index in [0.29, 0.717) is 25.9 Å². The van der Waals surface area contributed by atoms with Gasteiger partial charge >= 0.3 is 0 Å². The number of hydrogen-bond acceptors (Lipinski definition) is 3. The van der Waals surface area contributed by atoms with Crippen molar-refractivity contribution in [2.45, 2.75) is 60.3 Å². The molecule has 1 unspecified atom stereocenters. The first-order valence-corrected chi connectivity index (χ1v) is 8.16. The van der Waals surface area contributed by atoms with E-state index in [0.717, 1.165) is 18.4 Å². The highest BCUT2D eigenvalue weighted by atomic mass is 16.2. The number of nitrogens with zero attached hydrogens (tertiary/aromatic N) is 1. The monoisotopic (exact) mass is 308 g/mol. The van der Waals surface area contributed by atoms with E-state index in [1.807, 2.05) is 0 Å². The molecule has 0 saturated carbocycles. The van der Waals surface area contributed by atoms with Gasteiger partial charge in [0.15, 0.2) is 0 Å². The molecule has 1 heterocycles. The molecule has 0 bridgehead atoms. The molecule has 0 aromatic heterocycles. The summed E-state index contributed by atoms with van der Waals surface area (Å²) in [6.07, 6.45) is 2.89. The Bertz CT molecular complexity index is 446. The van der Waals surface area contributed by atoms with Gasteiger partial charge < -0.3 is 5.73 Å². The zero-order valence-electron chi connectivity index (χ0n) is 14.9. The maximum atomic E-state index is 12.2. The van der Waals surface area contributed by atoms with Crippen molar-refractivity contribution in [3.8, 4) is 0 Å². The van der Waals surface area contributed by atoms with E-state index < -0.39 is 0 Å². The molecule has 1 atom stereocenters. The molecule has 1 aliphatic rings. The van der Waals surface area contributed by atoms with Gasteiger partial charge in [0.1, 0.15) is 0 Å². The SMILES string of the molecule is C=C(CC1CC(=O)N(CCN)C1=O)CC(C)(C)CC(C)(C)C. The van der Waals surface area contributed by atoms with Crippen molar-refractivity contribution in [3.63, 3.8) is 0 Å². The number of rotatable bonds is 7. The Kier molecular flexibility index (Phi) is 5.96. The molecule has 0 aliphatic carbocycles. The Labute approximate surface area is 135 Å². The van der Waals surface area contributed by atoms with E-state index in [1.54, 1.807) is 0 Å². The number of imide groups is 1. The summed E-state index contributed by atoms with van der Waals surface area (Å²) in [4.78, 5) is 25.4. The third-order valence-corrected chi connectivity index (χ3v) is 3.96. The second kappa shape index (κ2) is 6.95. The molecule has 22 heavy (non-hydrogen) atoms. The summed E-state index contributed by atoms with van der Waals surface area (Å²) in [5, 5.41) is 0. The molecule has 0 aromatic carbocycles. The van der Waals surface area contributed by atoms with Gasteiger partial charge in [-0.25, -0.2) is 0 Å². The molecular weight excluding hydrogens is 276 g/mol. The fourth-order valence-electron chi connectivity index (χ4n) is 3.87. The lowest BCUT2D eigenvalue weighted by Crippen LogP contribution is -2.35. The summed E-state index contributed by atoms with van der Waals surface area (Å²) in [5.41, 5.74) is 6.94. The highest BCUT2D eigenvalue weighted by molar-refractivity contribution is 6.03. The first-order valence-electron chi connectivity index (χ1n) is 8.16. The molecule has 1 aliphatic heterocycles. The van der Waals surface area contributed by atoms with Crippen LogP contribution in [0.2, 0.25) is 0 Å². The summed E-state index contributed by atoms with van der Waals surface area (Å²) in [6, 6.07) is 0. The Morgan fingerprint density at radius 3 is 2.36 bits per heavy atom. The summed E-state index contributed by atoms with van der Waals surface area (Å²) in [6.45, 7) is 16.0. The van der Waals surface area contributed by atoms with E-state index in [2.05, 4.69) is 41.2 Å². The number of hydrogen-bond donors (Lipinski definition) is 1. The Balaban J connectivity index is 2.59. The van der Waals surface area contributed by atoms with Gasteiger partial charge in [0.25, 0.3) is 0 Å². The first-order chi connectivity index (χ1) is 9.95. The maximum Gasteiger partial charge on any atom is 0.233 e. The topological polar surface area (TPSA) is 63.4 Å². The highest BCUT2D eigenvalue weighted by Gasteiger charge is 2.38. The van der Waals surface area contributed by atoms with Crippen LogP contribution in [0.5, 0.6) is 0 Å². The summed E-state index contributed by atoms with van der Waals surface area (Å²) >= 11 is 0. The van der Waals surface area contributed by atoms with Crippen LogP contribution >= 0.6 is 0 Å². The second-order valence-corrected chi connectivity index (χ2v) is 8.61. The van der Waals surface area contributed by atoms with Crippen LogP contribution in [0.4, 0.5) is 0 Å². The first kappa shape index (κ1) is 18.9. The number of carbonyl (C=O) groups excluding carboxylic acids is 2. The van der Waals surface area contributed by atoms with Gasteiger partial charge in [0, 0.05) is 19.5 Å². The molecule has 4 nitrogen and oxygen atoms in total. The van der Waals surface area contributed by atoms with Crippen LogP contribution in [0.3, 0.4) is 0 Å². The third-order valence-electron chi connectivity index (χ3n) is 3.96. The molecule has 2 N–H and O–H groups in total. The fourth-order valence-corrected chi connectivity index (χ4v) is 3.87. The van der Waals surface area contributed by atoms with Crippen LogP contribution in [-0.2, 0) is 9.59 Å². The third kappa shape index (κ3) is 5.56. The van der Waals surface area contributed by atoms with Crippen molar-refractivity contribution < 1.29 is 9.59 Å². The molecule has 0 aromatic rings. The van der Waals surface area contributed by atoms with Crippen molar-refractivity contribution >= 4 is 11.8 Å². The molecule has 1 fully saturated rings. The van der Waals surface area contributed by atoms with E-state index in [-0.39, 0.29) is 28.6 Å². The van der Waals surface area contributed by atoms with E-state index in [9.17, 15) is 9.59 Å². The van der Waals surface area contributed by atoms with Crippen molar-refractivity contribution in [2.24, 2.45) is 22.5 Å². The predicted molar refractivity (Wildman–Crippen MR) is 90.1 cm³/mol. The predicted octanol–water partition coefficient (Wildman–Crippen LogP) is 3.12. The van der Waals surface area contributed by atoms with Crippen LogP contribution in [0.25, 0.3) is 0 Å². The van der Waals surface area contributed by atoms with Crippen molar-refractivity contribution in [1.82, 2.24) is 4.90 Å². The minimum absolute atomic E-state index is 0.0785. The molecule has 1 rings (SSSR count). The number of carbonyl (C=O) groups is 2. The standard InChI is InChI=1S/C18H32N2O2/c1-13(11-18(5,6)12-17(2,3)4)9-14-10-15(21)20(8-7-19)16(14)22/h14H,1,7-12,19H2,2-6H3. The number of likely N-dealkylation sites (tertiary alicyclic amines) is 1. The number of amides is 2. The van der Waals surface area contributed by atoms with Gasteiger partial charge in [-0.15, -0.1) is 0 Å². The van der Waals surface area contributed by atoms with Gasteiger partial charge in [-0.05, 0) is 30.1 Å². The number of allylic oxidation sites excluding steroid dienone is 1. The molecule has 1 saturated heterocycles. The minimum Gasteiger partial charge on any atom is -0.329 e. The molecule has 4 heteroatoms. The zero-order chi connectivity index (χ0) is 17.1. The van der Waals surface area contributed by atoms with Gasteiger partial charge in [0.2, 0.25) is 11.8 Å². The molecule has 2 amide bonds. The minimum atomic E-state index is -0.239. The van der Waals surface area contributed by atoms with Crippen molar-refractivity contribution in [3.05, 3.63) is 12.2 Å². The van der Waals surface area contributed by atoms with Crippen molar-refractivity contribution in [2.75, 3.05) is 13.1 Å². The zero-order valence-corrected chi connectivity index (χ0v) is 14.9. The Hall–Kier alpha value is -1.16. The van der Waals surface area contributed by atoms with Crippen LogP contribution in [0.1, 0.15) is 60.3 Å².